The summed E-state index contributed by atoms with van der Waals surface area (Å²) in [5.41, 5.74) is 3.30. The van der Waals surface area contributed by atoms with Gasteiger partial charge < -0.3 is 0 Å². The van der Waals surface area contributed by atoms with Crippen molar-refractivity contribution >= 4 is 9.52 Å². The van der Waals surface area contributed by atoms with E-state index in [-0.39, 0.29) is 26.0 Å². The van der Waals surface area contributed by atoms with E-state index in [4.69, 9.17) is 0 Å². The SMILES string of the molecule is CCC1=C(CC)C([SiH2]C)=[C-]C1.[C-]1=CC=CC1.[Ni+2]. The van der Waals surface area contributed by atoms with Crippen molar-refractivity contribution in [1.82, 2.24) is 0 Å². The Morgan fingerprint density at radius 3 is 2.41 bits per heavy atom. The number of hydrogen-bond acceptors (Lipinski definition) is 0. The Hall–Kier alpha value is -0.330. The van der Waals surface area contributed by atoms with Gasteiger partial charge in [-0.2, -0.15) is 17.2 Å². The van der Waals surface area contributed by atoms with E-state index in [9.17, 15) is 0 Å². The molecule has 96 valence electrons. The molecule has 0 N–H and O–H groups in total. The van der Waals surface area contributed by atoms with Crippen molar-refractivity contribution in [3.8, 4) is 0 Å². The van der Waals surface area contributed by atoms with Crippen molar-refractivity contribution in [2.45, 2.75) is 46.1 Å². The van der Waals surface area contributed by atoms with E-state index in [2.05, 4.69) is 38.6 Å². The summed E-state index contributed by atoms with van der Waals surface area (Å²) in [7, 11) is 0.0386. The molecule has 0 atom stereocenters. The third-order valence-electron chi connectivity index (χ3n) is 3.03. The zero-order chi connectivity index (χ0) is 11.8. The first-order valence-corrected chi connectivity index (χ1v) is 8.48. The average Bonchev–Trinajstić information content (AvgIpc) is 3.00. The Bertz CT molecular complexity index is 325. The molecule has 0 radical (unpaired) electrons. The van der Waals surface area contributed by atoms with Crippen molar-refractivity contribution < 1.29 is 16.5 Å². The van der Waals surface area contributed by atoms with Gasteiger partial charge in [0.1, 0.15) is 0 Å². The Kier molecular flexibility index (Phi) is 9.49. The van der Waals surface area contributed by atoms with Crippen LogP contribution in [0.4, 0.5) is 0 Å². The molecule has 0 nitrogen and oxygen atoms in total. The maximum absolute atomic E-state index is 3.51. The van der Waals surface area contributed by atoms with Crippen molar-refractivity contribution in [3.63, 3.8) is 0 Å². The van der Waals surface area contributed by atoms with Gasteiger partial charge in [-0.25, -0.2) is 17.3 Å². The van der Waals surface area contributed by atoms with Crippen LogP contribution in [-0.2, 0) is 16.5 Å². The molecule has 0 aliphatic heterocycles. The molecule has 0 aromatic heterocycles. The Labute approximate surface area is 119 Å². The molecule has 0 spiro atoms. The molecule has 2 aliphatic carbocycles. The smallest absolute Gasteiger partial charge is 0.274 e. The normalized spacial score (nSPS) is 17.2. The monoisotopic (exact) mass is 288 g/mol. The third kappa shape index (κ3) is 5.23. The van der Waals surface area contributed by atoms with E-state index in [1.165, 1.54) is 12.8 Å². The molecular formula is C15H22NiSi. The van der Waals surface area contributed by atoms with Crippen LogP contribution in [0.2, 0.25) is 6.55 Å². The molecule has 0 saturated heterocycles. The quantitative estimate of drug-likeness (QED) is 0.549. The standard InChI is InChI=1S/C10H17Si.C5H5.Ni/c1-4-8-6-7-10(11-3)9(8)5-2;1-2-4-5-3-1;/h4-6,11H2,1-3H3;1-3H,4H2;/q2*-1;+2. The first-order chi connectivity index (χ1) is 7.83. The number of rotatable bonds is 3. The fraction of sp³-hybridized carbons (Fsp3) is 0.467. The van der Waals surface area contributed by atoms with Gasteiger partial charge in [-0.05, 0) is 0 Å². The van der Waals surface area contributed by atoms with Crippen LogP contribution < -0.4 is 0 Å². The van der Waals surface area contributed by atoms with Gasteiger partial charge in [0, 0.05) is 9.52 Å². The third-order valence-corrected chi connectivity index (χ3v) is 4.41. The fourth-order valence-electron chi connectivity index (χ4n) is 2.12. The van der Waals surface area contributed by atoms with Gasteiger partial charge in [-0.1, -0.05) is 33.2 Å². The molecule has 2 aliphatic rings. The maximum atomic E-state index is 3.51. The molecular weight excluding hydrogens is 267 g/mol. The summed E-state index contributed by atoms with van der Waals surface area (Å²) in [6.07, 6.45) is 17.1. The van der Waals surface area contributed by atoms with E-state index >= 15 is 0 Å². The number of allylic oxidation sites excluding steroid dienone is 8. The van der Waals surface area contributed by atoms with Crippen LogP contribution >= 0.6 is 0 Å². The second kappa shape index (κ2) is 9.68. The molecule has 0 amide bonds. The van der Waals surface area contributed by atoms with E-state index in [0.717, 1.165) is 12.8 Å². The molecule has 0 aromatic rings. The van der Waals surface area contributed by atoms with Crippen molar-refractivity contribution in [3.05, 3.63) is 46.7 Å². The molecule has 0 bridgehead atoms. The van der Waals surface area contributed by atoms with Crippen molar-refractivity contribution in [1.29, 1.82) is 0 Å². The van der Waals surface area contributed by atoms with E-state index in [1.54, 1.807) is 16.3 Å². The summed E-state index contributed by atoms with van der Waals surface area (Å²) in [5.74, 6) is 0. The largest absolute Gasteiger partial charge is 2.00 e. The summed E-state index contributed by atoms with van der Waals surface area (Å²) in [4.78, 5) is 0. The first-order valence-electron chi connectivity index (χ1n) is 6.36. The molecule has 2 heteroatoms. The van der Waals surface area contributed by atoms with E-state index in [1.807, 2.05) is 12.2 Å². The van der Waals surface area contributed by atoms with Gasteiger partial charge in [-0.3, -0.25) is 12.2 Å². The van der Waals surface area contributed by atoms with Crippen LogP contribution in [0.5, 0.6) is 0 Å². The van der Waals surface area contributed by atoms with Crippen LogP contribution in [0.1, 0.15) is 39.5 Å². The number of hydrogen-bond donors (Lipinski definition) is 0. The predicted molar refractivity (Wildman–Crippen MR) is 75.0 cm³/mol. The minimum absolute atomic E-state index is 0. The van der Waals surface area contributed by atoms with Crippen LogP contribution in [-0.4, -0.2) is 9.52 Å². The van der Waals surface area contributed by atoms with Crippen LogP contribution in [0, 0.1) is 12.2 Å². The van der Waals surface area contributed by atoms with Gasteiger partial charge in [0.15, 0.2) is 0 Å². The summed E-state index contributed by atoms with van der Waals surface area (Å²) < 4.78 is 0. The van der Waals surface area contributed by atoms with E-state index in [0.29, 0.717) is 0 Å². The van der Waals surface area contributed by atoms with Crippen LogP contribution in [0.25, 0.3) is 0 Å². The Morgan fingerprint density at radius 2 is 2.06 bits per heavy atom. The zero-order valence-electron chi connectivity index (χ0n) is 11.1. The van der Waals surface area contributed by atoms with Crippen molar-refractivity contribution in [2.75, 3.05) is 0 Å². The Balaban J connectivity index is 0.000000360. The minimum Gasteiger partial charge on any atom is -0.274 e. The molecule has 0 heterocycles. The first kappa shape index (κ1) is 16.7. The minimum atomic E-state index is 0. The van der Waals surface area contributed by atoms with Crippen LogP contribution in [0.3, 0.4) is 0 Å². The fourth-order valence-corrected chi connectivity index (χ4v) is 3.42. The zero-order valence-corrected chi connectivity index (χ0v) is 13.5. The molecule has 0 saturated carbocycles. The molecule has 17 heavy (non-hydrogen) atoms. The van der Waals surface area contributed by atoms with Crippen molar-refractivity contribution in [2.24, 2.45) is 0 Å². The maximum Gasteiger partial charge on any atom is 2.00 e. The predicted octanol–water partition coefficient (Wildman–Crippen LogP) is 3.71. The summed E-state index contributed by atoms with van der Waals surface area (Å²) >= 11 is 0. The molecule has 0 fully saturated rings. The second-order valence-corrected chi connectivity index (χ2v) is 5.39. The van der Waals surface area contributed by atoms with Gasteiger partial charge in [-0.15, -0.1) is 12.8 Å². The van der Waals surface area contributed by atoms with Gasteiger partial charge in [0.25, 0.3) is 0 Å². The summed E-state index contributed by atoms with van der Waals surface area (Å²) in [6.45, 7) is 6.88. The molecule has 2 rings (SSSR count). The molecule has 0 aromatic carbocycles. The van der Waals surface area contributed by atoms with Gasteiger partial charge in [0.2, 0.25) is 0 Å². The Morgan fingerprint density at radius 1 is 1.29 bits per heavy atom. The van der Waals surface area contributed by atoms with Gasteiger partial charge >= 0.3 is 16.5 Å². The average molecular weight is 289 g/mol. The summed E-state index contributed by atoms with van der Waals surface area (Å²) in [5, 5.41) is 1.62. The topological polar surface area (TPSA) is 0 Å². The van der Waals surface area contributed by atoms with Gasteiger partial charge in [0.05, 0.1) is 0 Å². The second-order valence-electron chi connectivity index (χ2n) is 3.98. The summed E-state index contributed by atoms with van der Waals surface area (Å²) in [6, 6.07) is 0. The molecule has 0 unspecified atom stereocenters. The van der Waals surface area contributed by atoms with Crippen LogP contribution in [0.15, 0.2) is 34.6 Å². The van der Waals surface area contributed by atoms with E-state index < -0.39 is 0 Å².